The Hall–Kier alpha value is -0.450. The summed E-state index contributed by atoms with van der Waals surface area (Å²) in [7, 11) is 0. The van der Waals surface area contributed by atoms with Crippen LogP contribution in [-0.4, -0.2) is 11.7 Å². The summed E-state index contributed by atoms with van der Waals surface area (Å²) in [5, 5.41) is 10.7. The maximum absolute atomic E-state index is 13.6. The van der Waals surface area contributed by atoms with Crippen LogP contribution in [0.4, 0.5) is 4.39 Å². The van der Waals surface area contributed by atoms with Crippen LogP contribution in [0, 0.1) is 17.2 Å². The van der Waals surface area contributed by atoms with Crippen molar-refractivity contribution in [1.82, 2.24) is 0 Å². The van der Waals surface area contributed by atoms with Crippen LogP contribution < -0.4 is 5.73 Å². The number of hydrogen-bond acceptors (Lipinski definition) is 2. The van der Waals surface area contributed by atoms with E-state index in [0.29, 0.717) is 22.5 Å². The highest BCUT2D eigenvalue weighted by atomic mass is 79.9. The lowest BCUT2D eigenvalue weighted by Crippen LogP contribution is -2.40. The van der Waals surface area contributed by atoms with Gasteiger partial charge < -0.3 is 10.8 Å². The van der Waals surface area contributed by atoms with Crippen LogP contribution in [0.3, 0.4) is 0 Å². The second-order valence-electron chi connectivity index (χ2n) is 5.84. The monoisotopic (exact) mass is 329 g/mol. The molecular formula is C15H21BrFNO. The quantitative estimate of drug-likeness (QED) is 0.886. The van der Waals surface area contributed by atoms with Gasteiger partial charge in [-0.3, -0.25) is 0 Å². The lowest BCUT2D eigenvalue weighted by molar-refractivity contribution is -0.0132. The van der Waals surface area contributed by atoms with Gasteiger partial charge in [-0.2, -0.15) is 0 Å². The fourth-order valence-corrected chi connectivity index (χ4v) is 3.53. The van der Waals surface area contributed by atoms with Gasteiger partial charge in [0.2, 0.25) is 0 Å². The third-order valence-corrected chi connectivity index (χ3v) is 5.02. The van der Waals surface area contributed by atoms with Gasteiger partial charge in [0.25, 0.3) is 0 Å². The number of benzene rings is 1. The van der Waals surface area contributed by atoms with Gasteiger partial charge in [-0.05, 0) is 52.4 Å². The average Bonchev–Trinajstić information content (AvgIpc) is 2.41. The van der Waals surface area contributed by atoms with Crippen LogP contribution in [0.15, 0.2) is 22.7 Å². The zero-order chi connectivity index (χ0) is 14.0. The van der Waals surface area contributed by atoms with Crippen molar-refractivity contribution in [3.63, 3.8) is 0 Å². The minimum Gasteiger partial charge on any atom is -0.388 e. The van der Waals surface area contributed by atoms with Crippen LogP contribution in [0.5, 0.6) is 0 Å². The topological polar surface area (TPSA) is 46.2 Å². The second kappa shape index (κ2) is 5.90. The molecule has 0 heterocycles. The molecule has 19 heavy (non-hydrogen) atoms. The molecule has 3 N–H and O–H groups in total. The summed E-state index contributed by atoms with van der Waals surface area (Å²) in [6, 6.07) is 4.82. The van der Waals surface area contributed by atoms with E-state index in [4.69, 9.17) is 5.73 Å². The molecule has 2 nitrogen and oxygen atoms in total. The highest BCUT2D eigenvalue weighted by molar-refractivity contribution is 9.10. The normalized spacial score (nSPS) is 29.2. The fraction of sp³-hybridized carbons (Fsp3) is 0.600. The Bertz CT molecular complexity index is 454. The van der Waals surface area contributed by atoms with Crippen molar-refractivity contribution in [3.05, 3.63) is 34.1 Å². The van der Waals surface area contributed by atoms with Crippen LogP contribution in [0.25, 0.3) is 0 Å². The van der Waals surface area contributed by atoms with Crippen molar-refractivity contribution in [1.29, 1.82) is 0 Å². The first-order valence-corrected chi connectivity index (χ1v) is 7.61. The number of hydrogen-bond donors (Lipinski definition) is 2. The molecular weight excluding hydrogens is 309 g/mol. The van der Waals surface area contributed by atoms with Gasteiger partial charge in [0.15, 0.2) is 0 Å². The zero-order valence-electron chi connectivity index (χ0n) is 11.2. The molecule has 1 aromatic rings. The van der Waals surface area contributed by atoms with Gasteiger partial charge in [-0.1, -0.05) is 25.8 Å². The molecule has 1 fully saturated rings. The van der Waals surface area contributed by atoms with E-state index in [1.807, 2.05) is 0 Å². The molecule has 0 spiro atoms. The molecule has 0 saturated heterocycles. The Labute approximate surface area is 122 Å². The number of halogens is 2. The van der Waals surface area contributed by atoms with Crippen molar-refractivity contribution < 1.29 is 9.50 Å². The van der Waals surface area contributed by atoms with E-state index in [9.17, 15) is 9.50 Å². The first-order chi connectivity index (χ1) is 8.98. The predicted molar refractivity (Wildman–Crippen MR) is 78.2 cm³/mol. The van der Waals surface area contributed by atoms with Crippen molar-refractivity contribution >= 4 is 15.9 Å². The maximum Gasteiger partial charge on any atom is 0.137 e. The van der Waals surface area contributed by atoms with Crippen LogP contribution in [-0.2, 0) is 0 Å². The molecule has 0 amide bonds. The van der Waals surface area contributed by atoms with E-state index >= 15 is 0 Å². The molecule has 2 rings (SSSR count). The van der Waals surface area contributed by atoms with Crippen molar-refractivity contribution in [2.24, 2.45) is 17.1 Å². The Morgan fingerprint density at radius 2 is 2.32 bits per heavy atom. The van der Waals surface area contributed by atoms with E-state index in [2.05, 4.69) is 22.9 Å². The van der Waals surface area contributed by atoms with Crippen LogP contribution in [0.1, 0.15) is 44.3 Å². The predicted octanol–water partition coefficient (Wildman–Crippen LogP) is 3.78. The molecule has 106 valence electrons. The van der Waals surface area contributed by atoms with Crippen LogP contribution in [0.2, 0.25) is 0 Å². The summed E-state index contributed by atoms with van der Waals surface area (Å²) in [5.74, 6) is 0.222. The summed E-state index contributed by atoms with van der Waals surface area (Å²) in [5.41, 5.74) is 6.26. The third-order valence-electron chi connectivity index (χ3n) is 4.37. The van der Waals surface area contributed by atoms with Gasteiger partial charge in [0.1, 0.15) is 5.82 Å². The van der Waals surface area contributed by atoms with Crippen molar-refractivity contribution in [2.45, 2.75) is 38.7 Å². The minimum atomic E-state index is -0.692. The lowest BCUT2D eigenvalue weighted by Gasteiger charge is -2.43. The van der Waals surface area contributed by atoms with E-state index in [-0.39, 0.29) is 11.2 Å². The van der Waals surface area contributed by atoms with E-state index in [0.717, 1.165) is 19.3 Å². The molecule has 1 aliphatic carbocycles. The fourth-order valence-electron chi connectivity index (χ4n) is 3.28. The first-order valence-electron chi connectivity index (χ1n) is 6.81. The van der Waals surface area contributed by atoms with Crippen LogP contribution >= 0.6 is 15.9 Å². The molecule has 0 bridgehead atoms. The molecule has 0 radical (unpaired) electrons. The lowest BCUT2D eigenvalue weighted by atomic mass is 9.65. The third kappa shape index (κ3) is 3.01. The number of rotatable bonds is 3. The number of nitrogens with two attached hydrogens (primary N) is 1. The molecule has 1 saturated carbocycles. The smallest absolute Gasteiger partial charge is 0.137 e. The average molecular weight is 330 g/mol. The van der Waals surface area contributed by atoms with Crippen molar-refractivity contribution in [2.75, 3.05) is 6.54 Å². The summed E-state index contributed by atoms with van der Waals surface area (Å²) in [6.45, 7) is 2.63. The molecule has 4 heteroatoms. The van der Waals surface area contributed by atoms with Gasteiger partial charge in [-0.25, -0.2) is 4.39 Å². The number of aliphatic hydroxyl groups excluding tert-OH is 1. The summed E-state index contributed by atoms with van der Waals surface area (Å²) in [4.78, 5) is 0. The Morgan fingerprint density at radius 1 is 1.58 bits per heavy atom. The Balaban J connectivity index is 2.29. The summed E-state index contributed by atoms with van der Waals surface area (Å²) >= 11 is 3.13. The van der Waals surface area contributed by atoms with E-state index in [1.54, 1.807) is 12.1 Å². The molecule has 0 aromatic heterocycles. The molecule has 1 aromatic carbocycles. The van der Waals surface area contributed by atoms with Crippen molar-refractivity contribution in [3.8, 4) is 0 Å². The van der Waals surface area contributed by atoms with Gasteiger partial charge in [0.05, 0.1) is 10.6 Å². The van der Waals surface area contributed by atoms with Gasteiger partial charge >= 0.3 is 0 Å². The highest BCUT2D eigenvalue weighted by Crippen LogP contribution is 2.47. The molecule has 0 aliphatic heterocycles. The highest BCUT2D eigenvalue weighted by Gasteiger charge is 2.40. The first kappa shape index (κ1) is 14.9. The van der Waals surface area contributed by atoms with E-state index in [1.165, 1.54) is 12.5 Å². The molecule has 3 atom stereocenters. The Morgan fingerprint density at radius 3 is 2.89 bits per heavy atom. The van der Waals surface area contributed by atoms with Gasteiger partial charge in [-0.15, -0.1) is 0 Å². The number of aliphatic hydroxyl groups is 1. The molecule has 1 aliphatic rings. The minimum absolute atomic E-state index is 0.308. The largest absolute Gasteiger partial charge is 0.388 e. The van der Waals surface area contributed by atoms with Gasteiger partial charge in [0, 0.05) is 12.0 Å². The summed E-state index contributed by atoms with van der Waals surface area (Å²) < 4.78 is 14.0. The maximum atomic E-state index is 13.6. The SMILES string of the molecule is CC1CCCC(CN)(C(O)c2ccc(Br)c(F)c2)C1. The zero-order valence-corrected chi connectivity index (χ0v) is 12.8. The summed E-state index contributed by atoms with van der Waals surface area (Å²) in [6.07, 6.45) is 3.38. The second-order valence-corrected chi connectivity index (χ2v) is 6.70. The molecule has 3 unspecified atom stereocenters. The standard InChI is InChI=1S/C15H21BrFNO/c1-10-3-2-6-15(8-10,9-18)14(19)11-4-5-12(16)13(17)7-11/h4-5,7,10,14,19H,2-3,6,8-9,18H2,1H3. The Kier molecular flexibility index (Phi) is 4.64. The van der Waals surface area contributed by atoms with E-state index < -0.39 is 6.10 Å².